The molecule has 2 aliphatic heterocycles. The molecular weight excluding hydrogens is 652 g/mol. The van der Waals surface area contributed by atoms with Gasteiger partial charge in [-0.3, -0.25) is 9.10 Å². The first kappa shape index (κ1) is 31.2. The molecule has 4 aliphatic rings. The molecule has 46 heavy (non-hydrogen) atoms. The summed E-state index contributed by atoms with van der Waals surface area (Å²) in [7, 11) is -3.91. The van der Waals surface area contributed by atoms with Gasteiger partial charge in [0.15, 0.2) is 0 Å². The fourth-order valence-electron chi connectivity index (χ4n) is 6.42. The van der Waals surface area contributed by atoms with Crippen LogP contribution in [0.15, 0.2) is 88.2 Å². The first-order valence-electron chi connectivity index (χ1n) is 15.4. The van der Waals surface area contributed by atoms with E-state index in [1.54, 1.807) is 29.2 Å². The molecule has 2 aliphatic carbocycles. The number of para-hydroxylation sites is 1. The Morgan fingerprint density at radius 3 is 2.37 bits per heavy atom. The standard InChI is InChI=1S/C33H32Cl2FN5O4S/c34-23-12-10-21(11-13-23)31-32(22-4-3-5-24(35)16-22)45-30(17-25-18-37-39-38-25)33(42)41(31)29(20-8-9-20)19-40(46(43,44)26-14-15-26)28-7-2-1-6-27(28)36/h1-7,10-13,16,20,26,29-32H,8-9,14-15,17-19H2/t29-,30-,31-,32-/m1/s1. The van der Waals surface area contributed by atoms with Crippen LogP contribution in [-0.2, 0) is 19.6 Å². The van der Waals surface area contributed by atoms with Crippen LogP contribution in [0.25, 0.3) is 0 Å². The van der Waals surface area contributed by atoms with Crippen LogP contribution in [0, 0.1) is 11.7 Å². The van der Waals surface area contributed by atoms with E-state index in [-0.39, 0.29) is 37.0 Å². The van der Waals surface area contributed by atoms with E-state index < -0.39 is 45.4 Å². The van der Waals surface area contributed by atoms with Gasteiger partial charge in [0.1, 0.15) is 24.6 Å². The van der Waals surface area contributed by atoms with Crippen LogP contribution in [0.5, 0.6) is 0 Å². The molecule has 9 nitrogen and oxygen atoms in total. The topological polar surface area (TPSA) is 104 Å². The van der Waals surface area contributed by atoms with Crippen molar-refractivity contribution in [2.24, 2.45) is 21.4 Å². The second-order valence-corrected chi connectivity index (χ2v) is 15.2. The molecule has 0 spiro atoms. The van der Waals surface area contributed by atoms with Crippen molar-refractivity contribution in [1.29, 1.82) is 0 Å². The van der Waals surface area contributed by atoms with E-state index >= 15 is 4.39 Å². The van der Waals surface area contributed by atoms with Gasteiger partial charge in [0.2, 0.25) is 10.0 Å². The first-order chi connectivity index (χ1) is 22.2. The third-order valence-electron chi connectivity index (χ3n) is 8.99. The maximum Gasteiger partial charge on any atom is 0.253 e. The lowest BCUT2D eigenvalue weighted by atomic mass is 9.88. The summed E-state index contributed by atoms with van der Waals surface area (Å²) in [6, 6.07) is 19.2. The summed E-state index contributed by atoms with van der Waals surface area (Å²) in [4.78, 5) is 16.5. The number of rotatable bonds is 11. The maximum absolute atomic E-state index is 15.4. The Morgan fingerprint density at radius 2 is 1.72 bits per heavy atom. The molecule has 3 fully saturated rings. The van der Waals surface area contributed by atoms with Crippen LogP contribution < -0.4 is 4.31 Å². The normalized spacial score (nSPS) is 23.8. The molecule has 0 aromatic heterocycles. The lowest BCUT2D eigenvalue weighted by molar-refractivity contribution is -0.178. The highest BCUT2D eigenvalue weighted by Crippen LogP contribution is 2.49. The van der Waals surface area contributed by atoms with Gasteiger partial charge in [0.05, 0.1) is 35.3 Å². The smallest absolute Gasteiger partial charge is 0.253 e. The molecule has 0 N–H and O–H groups in total. The third-order valence-corrected chi connectivity index (χ3v) is 11.8. The lowest BCUT2D eigenvalue weighted by Crippen LogP contribution is -2.59. The summed E-state index contributed by atoms with van der Waals surface area (Å²) in [6.45, 7) is 0.170. The molecule has 2 saturated carbocycles. The Kier molecular flexibility index (Phi) is 8.60. The minimum absolute atomic E-state index is 0.00462. The zero-order chi connectivity index (χ0) is 32.0. The van der Waals surface area contributed by atoms with E-state index in [1.165, 1.54) is 22.5 Å². The highest BCUT2D eigenvalue weighted by molar-refractivity contribution is 7.93. The molecule has 1 amide bonds. The van der Waals surface area contributed by atoms with Gasteiger partial charge in [0, 0.05) is 16.5 Å². The van der Waals surface area contributed by atoms with Crippen molar-refractivity contribution >= 4 is 50.5 Å². The number of nitrogens with zero attached hydrogens (tertiary/aromatic N) is 5. The average Bonchev–Trinajstić information content (AvgIpc) is 3.98. The van der Waals surface area contributed by atoms with Crippen LogP contribution in [0.1, 0.15) is 55.4 Å². The van der Waals surface area contributed by atoms with Gasteiger partial charge in [-0.15, -0.1) is 5.10 Å². The van der Waals surface area contributed by atoms with Crippen molar-refractivity contribution in [3.8, 4) is 0 Å². The van der Waals surface area contributed by atoms with E-state index in [4.69, 9.17) is 27.9 Å². The molecule has 0 radical (unpaired) electrons. The fourth-order valence-corrected chi connectivity index (χ4v) is 8.62. The van der Waals surface area contributed by atoms with Crippen molar-refractivity contribution in [3.05, 3.63) is 99.8 Å². The second-order valence-electron chi connectivity index (χ2n) is 12.2. The van der Waals surface area contributed by atoms with E-state index in [0.717, 1.165) is 24.0 Å². The van der Waals surface area contributed by atoms with Gasteiger partial charge in [-0.05, 0) is 84.3 Å². The van der Waals surface area contributed by atoms with Crippen molar-refractivity contribution in [2.75, 3.05) is 17.4 Å². The summed E-state index contributed by atoms with van der Waals surface area (Å²) in [5, 5.41) is 12.2. The van der Waals surface area contributed by atoms with Crippen LogP contribution in [-0.4, -0.2) is 55.4 Å². The van der Waals surface area contributed by atoms with E-state index in [2.05, 4.69) is 15.4 Å². The minimum atomic E-state index is -3.91. The average molecular weight is 685 g/mol. The maximum atomic E-state index is 15.4. The van der Waals surface area contributed by atoms with E-state index in [9.17, 15) is 13.2 Å². The summed E-state index contributed by atoms with van der Waals surface area (Å²) in [5.74, 6) is -0.942. The number of anilines is 1. The van der Waals surface area contributed by atoms with Gasteiger partial charge in [-0.25, -0.2) is 12.8 Å². The number of ether oxygens (including phenoxy) is 1. The Hall–Kier alpha value is -3.38. The van der Waals surface area contributed by atoms with Crippen molar-refractivity contribution < 1.29 is 22.3 Å². The van der Waals surface area contributed by atoms with E-state index in [1.807, 2.05) is 30.3 Å². The Balaban J connectivity index is 1.37. The Labute approximate surface area is 277 Å². The van der Waals surface area contributed by atoms with Crippen molar-refractivity contribution in [3.63, 3.8) is 0 Å². The number of sulfonamides is 1. The zero-order valence-corrected chi connectivity index (χ0v) is 27.1. The van der Waals surface area contributed by atoms with Gasteiger partial charge >= 0.3 is 0 Å². The Bertz CT molecular complexity index is 1800. The van der Waals surface area contributed by atoms with Gasteiger partial charge in [-0.1, -0.05) is 59.6 Å². The first-order valence-corrected chi connectivity index (χ1v) is 17.6. The molecule has 0 bridgehead atoms. The predicted molar refractivity (Wildman–Crippen MR) is 174 cm³/mol. The SMILES string of the molecule is O=C1[C@@H](CC2=NN=NC2)O[C@H](c2cccc(Cl)c2)[C@@H](c2ccc(Cl)cc2)N1[C@H](CN(c1ccccc1F)S(=O)(=O)C1CC1)C1CC1. The van der Waals surface area contributed by atoms with Crippen LogP contribution in [0.4, 0.5) is 10.1 Å². The van der Waals surface area contributed by atoms with Gasteiger partial charge in [0.25, 0.3) is 5.91 Å². The summed E-state index contributed by atoms with van der Waals surface area (Å²) < 4.78 is 51.2. The third kappa shape index (κ3) is 6.30. The summed E-state index contributed by atoms with van der Waals surface area (Å²) in [5.41, 5.74) is 2.11. The number of halogens is 3. The number of amides is 1. The number of hydrogen-bond acceptors (Lipinski definition) is 7. The van der Waals surface area contributed by atoms with Crippen LogP contribution in [0.3, 0.4) is 0 Å². The molecule has 1 saturated heterocycles. The fraction of sp³-hybridized carbons (Fsp3) is 0.394. The Morgan fingerprint density at radius 1 is 0.957 bits per heavy atom. The number of carbonyl (C=O) groups is 1. The molecule has 240 valence electrons. The van der Waals surface area contributed by atoms with Crippen molar-refractivity contribution in [2.45, 2.75) is 61.6 Å². The lowest BCUT2D eigenvalue weighted by Gasteiger charge is -2.49. The van der Waals surface area contributed by atoms with Crippen LogP contribution in [0.2, 0.25) is 10.0 Å². The number of carbonyl (C=O) groups excluding carboxylic acids is 1. The number of morpholine rings is 1. The second kappa shape index (κ2) is 12.7. The number of benzene rings is 3. The largest absolute Gasteiger partial charge is 0.358 e. The molecule has 0 unspecified atom stereocenters. The monoisotopic (exact) mass is 683 g/mol. The minimum Gasteiger partial charge on any atom is -0.358 e. The molecule has 4 atom stereocenters. The quantitative estimate of drug-likeness (QED) is 0.214. The molecular formula is C33H32Cl2FN5O4S. The molecule has 2 heterocycles. The number of hydrogen-bond donors (Lipinski definition) is 0. The van der Waals surface area contributed by atoms with Gasteiger partial charge < -0.3 is 9.64 Å². The molecule has 7 rings (SSSR count). The predicted octanol–water partition coefficient (Wildman–Crippen LogP) is 7.13. The van der Waals surface area contributed by atoms with E-state index in [0.29, 0.717) is 28.6 Å². The molecule has 13 heteroatoms. The van der Waals surface area contributed by atoms with Crippen molar-refractivity contribution in [1.82, 2.24) is 4.90 Å². The highest BCUT2D eigenvalue weighted by atomic mass is 35.5. The van der Waals surface area contributed by atoms with Gasteiger partial charge in [-0.2, -0.15) is 5.11 Å². The van der Waals surface area contributed by atoms with Crippen LogP contribution >= 0.6 is 23.2 Å². The zero-order valence-electron chi connectivity index (χ0n) is 24.8. The highest BCUT2D eigenvalue weighted by Gasteiger charge is 2.52. The summed E-state index contributed by atoms with van der Waals surface area (Å²) >= 11 is 12.8. The molecule has 3 aromatic carbocycles. The summed E-state index contributed by atoms with van der Waals surface area (Å²) in [6.07, 6.45) is 1.17. The molecule has 3 aromatic rings.